The molecule has 0 unspecified atom stereocenters. The largest absolute Gasteiger partial charge is 0.378 e. The number of nitrogens with zero attached hydrogens (tertiary/aromatic N) is 3. The van der Waals surface area contributed by atoms with Crippen molar-refractivity contribution in [2.75, 3.05) is 39.4 Å². The third-order valence-corrected chi connectivity index (χ3v) is 4.91. The summed E-state index contributed by atoms with van der Waals surface area (Å²) in [7, 11) is 0. The summed E-state index contributed by atoms with van der Waals surface area (Å²) in [5.74, 6) is 0.262. The van der Waals surface area contributed by atoms with Gasteiger partial charge < -0.3 is 9.64 Å². The Hall–Kier alpha value is -1.46. The minimum Gasteiger partial charge on any atom is -0.378 e. The van der Waals surface area contributed by atoms with E-state index in [1.807, 2.05) is 23.2 Å². The first kappa shape index (κ1) is 16.4. The molecule has 5 nitrogen and oxygen atoms in total. The molecule has 0 aliphatic carbocycles. The summed E-state index contributed by atoms with van der Waals surface area (Å²) in [4.78, 5) is 21.3. The van der Waals surface area contributed by atoms with Gasteiger partial charge in [0, 0.05) is 31.0 Å². The van der Waals surface area contributed by atoms with Crippen LogP contribution < -0.4 is 0 Å². The Morgan fingerprint density at radius 3 is 2.87 bits per heavy atom. The van der Waals surface area contributed by atoms with Crippen LogP contribution in [0, 0.1) is 0 Å². The number of carbonyl (C=O) groups is 1. The van der Waals surface area contributed by atoms with Crippen LogP contribution in [0.25, 0.3) is 0 Å². The smallest absolute Gasteiger partial charge is 0.236 e. The Bertz CT molecular complexity index is 488. The molecule has 3 heterocycles. The van der Waals surface area contributed by atoms with Crippen molar-refractivity contribution in [2.45, 2.75) is 38.1 Å². The summed E-state index contributed by atoms with van der Waals surface area (Å²) < 4.78 is 5.33. The highest BCUT2D eigenvalue weighted by Crippen LogP contribution is 2.21. The monoisotopic (exact) mass is 317 g/mol. The number of aromatic nitrogens is 1. The highest BCUT2D eigenvalue weighted by atomic mass is 16.5. The van der Waals surface area contributed by atoms with Crippen molar-refractivity contribution in [3.63, 3.8) is 0 Å². The molecule has 23 heavy (non-hydrogen) atoms. The number of aryl methyl sites for hydroxylation is 1. The van der Waals surface area contributed by atoms with Crippen molar-refractivity contribution >= 4 is 5.91 Å². The normalized spacial score (nSPS) is 23.0. The van der Waals surface area contributed by atoms with Gasteiger partial charge in [-0.25, -0.2) is 0 Å². The van der Waals surface area contributed by atoms with E-state index in [0.29, 0.717) is 25.8 Å². The number of carbonyl (C=O) groups excluding carboxylic acids is 1. The number of likely N-dealkylation sites (tertiary alicyclic amines) is 1. The molecule has 5 heteroatoms. The predicted molar refractivity (Wildman–Crippen MR) is 89.2 cm³/mol. The van der Waals surface area contributed by atoms with Gasteiger partial charge in [0.2, 0.25) is 5.91 Å². The van der Waals surface area contributed by atoms with Gasteiger partial charge in [0.25, 0.3) is 0 Å². The number of ether oxygens (including phenoxy) is 1. The topological polar surface area (TPSA) is 45.7 Å². The Balaban J connectivity index is 1.52. The van der Waals surface area contributed by atoms with E-state index in [2.05, 4.69) is 16.0 Å². The van der Waals surface area contributed by atoms with E-state index in [4.69, 9.17) is 4.74 Å². The molecule has 3 rings (SSSR count). The van der Waals surface area contributed by atoms with E-state index in [0.717, 1.165) is 38.2 Å². The van der Waals surface area contributed by atoms with E-state index in [1.54, 1.807) is 0 Å². The van der Waals surface area contributed by atoms with Crippen LogP contribution in [-0.4, -0.2) is 66.1 Å². The summed E-state index contributed by atoms with van der Waals surface area (Å²) in [5.41, 5.74) is 1.15. The van der Waals surface area contributed by atoms with Crippen LogP contribution in [0.5, 0.6) is 0 Å². The van der Waals surface area contributed by atoms with Crippen LogP contribution in [0.4, 0.5) is 0 Å². The molecular formula is C18H27N3O2. The van der Waals surface area contributed by atoms with Crippen molar-refractivity contribution < 1.29 is 9.53 Å². The molecule has 0 aromatic carbocycles. The van der Waals surface area contributed by atoms with E-state index >= 15 is 0 Å². The Morgan fingerprint density at radius 2 is 2.09 bits per heavy atom. The molecule has 2 aliphatic heterocycles. The van der Waals surface area contributed by atoms with Crippen LogP contribution in [0.3, 0.4) is 0 Å². The molecule has 0 spiro atoms. The maximum Gasteiger partial charge on any atom is 0.236 e. The number of amides is 1. The number of pyridine rings is 1. The summed E-state index contributed by atoms with van der Waals surface area (Å²) >= 11 is 0. The van der Waals surface area contributed by atoms with Gasteiger partial charge in [0.15, 0.2) is 0 Å². The minimum atomic E-state index is 0.262. The fraction of sp³-hybridized carbons (Fsp3) is 0.667. The Kier molecular flexibility index (Phi) is 6.00. The van der Waals surface area contributed by atoms with Crippen LogP contribution in [0.1, 0.15) is 31.4 Å². The Labute approximate surface area is 138 Å². The number of piperidine rings is 1. The summed E-state index contributed by atoms with van der Waals surface area (Å²) in [5, 5.41) is 0. The third-order valence-electron chi connectivity index (χ3n) is 4.91. The van der Waals surface area contributed by atoms with Crippen molar-refractivity contribution in [1.82, 2.24) is 14.8 Å². The first-order valence-corrected chi connectivity index (χ1v) is 8.82. The minimum absolute atomic E-state index is 0.262. The van der Waals surface area contributed by atoms with Gasteiger partial charge in [0.05, 0.1) is 19.8 Å². The third kappa shape index (κ3) is 4.75. The van der Waals surface area contributed by atoms with E-state index in [1.165, 1.54) is 19.3 Å². The van der Waals surface area contributed by atoms with Crippen molar-refractivity contribution in [2.24, 2.45) is 0 Å². The second kappa shape index (κ2) is 8.41. The van der Waals surface area contributed by atoms with Crippen molar-refractivity contribution in [3.05, 3.63) is 30.1 Å². The zero-order valence-corrected chi connectivity index (χ0v) is 13.8. The molecular weight excluding hydrogens is 290 g/mol. The van der Waals surface area contributed by atoms with Gasteiger partial charge in [-0.15, -0.1) is 0 Å². The molecule has 0 radical (unpaired) electrons. The van der Waals surface area contributed by atoms with Crippen LogP contribution in [0.15, 0.2) is 24.4 Å². The van der Waals surface area contributed by atoms with Gasteiger partial charge in [-0.2, -0.15) is 0 Å². The number of morpholine rings is 1. The molecule has 0 saturated carbocycles. The molecule has 1 aromatic heterocycles. The van der Waals surface area contributed by atoms with E-state index in [-0.39, 0.29) is 5.91 Å². The second-order valence-electron chi connectivity index (χ2n) is 6.47. The SMILES string of the molecule is O=C(CN1CCCC[C@@H]1CCc1ccccn1)N1CCOCC1. The lowest BCUT2D eigenvalue weighted by Crippen LogP contribution is -2.49. The average molecular weight is 317 g/mol. The first-order valence-electron chi connectivity index (χ1n) is 8.82. The molecule has 2 aliphatic rings. The number of rotatable bonds is 5. The van der Waals surface area contributed by atoms with E-state index < -0.39 is 0 Å². The molecule has 2 saturated heterocycles. The standard InChI is InChI=1S/C18H27N3O2/c22-18(20-11-13-23-14-12-20)15-21-10-4-2-6-17(21)8-7-16-5-1-3-9-19-16/h1,3,5,9,17H,2,4,6-8,10-15H2/t17-/m1/s1. The maximum atomic E-state index is 12.5. The van der Waals surface area contributed by atoms with Crippen LogP contribution >= 0.6 is 0 Å². The highest BCUT2D eigenvalue weighted by Gasteiger charge is 2.26. The van der Waals surface area contributed by atoms with Crippen LogP contribution in [0.2, 0.25) is 0 Å². The molecule has 1 atom stereocenters. The lowest BCUT2D eigenvalue weighted by Gasteiger charge is -2.37. The number of hydrogen-bond donors (Lipinski definition) is 0. The molecule has 1 aromatic rings. The lowest BCUT2D eigenvalue weighted by atomic mass is 9.97. The van der Waals surface area contributed by atoms with Crippen molar-refractivity contribution in [3.8, 4) is 0 Å². The van der Waals surface area contributed by atoms with Gasteiger partial charge in [-0.05, 0) is 44.4 Å². The van der Waals surface area contributed by atoms with Gasteiger partial charge in [-0.1, -0.05) is 12.5 Å². The second-order valence-corrected chi connectivity index (χ2v) is 6.47. The summed E-state index contributed by atoms with van der Waals surface area (Å²) in [6, 6.07) is 6.60. The van der Waals surface area contributed by atoms with Crippen molar-refractivity contribution in [1.29, 1.82) is 0 Å². The fourth-order valence-electron chi connectivity index (χ4n) is 3.54. The zero-order valence-electron chi connectivity index (χ0n) is 13.8. The quantitative estimate of drug-likeness (QED) is 0.830. The molecule has 0 bridgehead atoms. The zero-order chi connectivity index (χ0) is 15.9. The predicted octanol–water partition coefficient (Wildman–Crippen LogP) is 1.73. The average Bonchev–Trinajstić information content (AvgIpc) is 2.62. The Morgan fingerprint density at radius 1 is 1.22 bits per heavy atom. The van der Waals surface area contributed by atoms with Crippen LogP contribution in [-0.2, 0) is 16.0 Å². The summed E-state index contributed by atoms with van der Waals surface area (Å²) in [6.45, 7) is 4.44. The van der Waals surface area contributed by atoms with Gasteiger partial charge in [-0.3, -0.25) is 14.7 Å². The molecule has 2 fully saturated rings. The fourth-order valence-corrected chi connectivity index (χ4v) is 3.54. The first-order chi connectivity index (χ1) is 11.3. The maximum absolute atomic E-state index is 12.5. The molecule has 126 valence electrons. The summed E-state index contributed by atoms with van der Waals surface area (Å²) in [6.07, 6.45) is 7.62. The highest BCUT2D eigenvalue weighted by molar-refractivity contribution is 5.78. The number of hydrogen-bond acceptors (Lipinski definition) is 4. The molecule has 0 N–H and O–H groups in total. The van der Waals surface area contributed by atoms with Gasteiger partial charge in [0.1, 0.15) is 0 Å². The van der Waals surface area contributed by atoms with Gasteiger partial charge >= 0.3 is 0 Å². The van der Waals surface area contributed by atoms with E-state index in [9.17, 15) is 4.79 Å². The lowest BCUT2D eigenvalue weighted by molar-refractivity contribution is -0.137. The molecule has 1 amide bonds.